The highest BCUT2D eigenvalue weighted by atomic mass is 32.2. The van der Waals surface area contributed by atoms with E-state index in [9.17, 15) is 4.79 Å². The van der Waals surface area contributed by atoms with Crippen LogP contribution < -0.4 is 10.3 Å². The quantitative estimate of drug-likeness (QED) is 0.241. The van der Waals surface area contributed by atoms with E-state index in [1.807, 2.05) is 28.8 Å². The van der Waals surface area contributed by atoms with Crippen LogP contribution in [0.4, 0.5) is 0 Å². The van der Waals surface area contributed by atoms with Crippen molar-refractivity contribution in [3.8, 4) is 11.4 Å². The third-order valence-corrected chi connectivity index (χ3v) is 7.98. The van der Waals surface area contributed by atoms with Crippen LogP contribution in [0.2, 0.25) is 0 Å². The van der Waals surface area contributed by atoms with Crippen LogP contribution in [0.3, 0.4) is 0 Å². The summed E-state index contributed by atoms with van der Waals surface area (Å²) in [5, 5.41) is 1.61. The Hall–Kier alpha value is -1.83. The van der Waals surface area contributed by atoms with Crippen molar-refractivity contribution in [3.63, 3.8) is 0 Å². The topological polar surface area (TPSA) is 47.4 Å². The van der Waals surface area contributed by atoms with Crippen LogP contribution in [-0.2, 0) is 13.0 Å². The number of aromatic nitrogens is 2. The van der Waals surface area contributed by atoms with E-state index in [2.05, 4.69) is 18.9 Å². The molecule has 1 aliphatic heterocycles. The smallest absolute Gasteiger partial charge is 0.267 e. The number of hydrogen-bond donors (Lipinski definition) is 0. The number of thiophene rings is 1. The maximum absolute atomic E-state index is 13.8. The molecule has 4 rings (SSSR count). The van der Waals surface area contributed by atoms with E-state index >= 15 is 0 Å². The third kappa shape index (κ3) is 4.83. The van der Waals surface area contributed by atoms with Crippen LogP contribution in [0.25, 0.3) is 15.9 Å². The fraction of sp³-hybridized carbons (Fsp3) is 0.500. The van der Waals surface area contributed by atoms with Crippen LogP contribution in [0, 0.1) is 0 Å². The highest BCUT2D eigenvalue weighted by Gasteiger charge is 2.24. The molecule has 2 aromatic heterocycles. The van der Waals surface area contributed by atoms with Crippen molar-refractivity contribution < 1.29 is 4.74 Å². The SMILES string of the molecule is CCCCCCCSc1nc2sc3c(c2c(=O)n1-c1ccc(OC)cc1)CCN(C)C3. The van der Waals surface area contributed by atoms with Crippen LogP contribution in [0.5, 0.6) is 5.75 Å². The van der Waals surface area contributed by atoms with Crippen molar-refractivity contribution in [3.05, 3.63) is 45.1 Å². The second kappa shape index (κ2) is 10.2. The van der Waals surface area contributed by atoms with Gasteiger partial charge >= 0.3 is 0 Å². The van der Waals surface area contributed by atoms with Crippen molar-refractivity contribution in [1.82, 2.24) is 14.5 Å². The van der Waals surface area contributed by atoms with Crippen LogP contribution in [0.15, 0.2) is 34.2 Å². The van der Waals surface area contributed by atoms with Crippen molar-refractivity contribution in [1.29, 1.82) is 0 Å². The molecule has 5 nitrogen and oxygen atoms in total. The molecule has 0 radical (unpaired) electrons. The number of fused-ring (bicyclic) bond motifs is 3. The molecule has 3 aromatic rings. The zero-order valence-corrected chi connectivity index (χ0v) is 20.3. The van der Waals surface area contributed by atoms with Gasteiger partial charge in [-0.1, -0.05) is 44.4 Å². The maximum atomic E-state index is 13.8. The van der Waals surface area contributed by atoms with Crippen LogP contribution in [-0.4, -0.2) is 40.9 Å². The summed E-state index contributed by atoms with van der Waals surface area (Å²) in [6, 6.07) is 7.71. The minimum atomic E-state index is 0.0608. The number of hydrogen-bond acceptors (Lipinski definition) is 6. The molecule has 3 heterocycles. The molecule has 0 unspecified atom stereocenters. The number of nitrogens with zero attached hydrogens (tertiary/aromatic N) is 3. The number of benzene rings is 1. The van der Waals surface area contributed by atoms with Gasteiger partial charge in [-0.2, -0.15) is 0 Å². The van der Waals surface area contributed by atoms with E-state index in [-0.39, 0.29) is 5.56 Å². The predicted molar refractivity (Wildman–Crippen MR) is 131 cm³/mol. The molecule has 0 bridgehead atoms. The fourth-order valence-electron chi connectivity index (χ4n) is 4.08. The Morgan fingerprint density at radius 3 is 2.68 bits per heavy atom. The van der Waals surface area contributed by atoms with Crippen LogP contribution >= 0.6 is 23.1 Å². The van der Waals surface area contributed by atoms with Crippen molar-refractivity contribution in [2.45, 2.75) is 57.1 Å². The molecule has 31 heavy (non-hydrogen) atoms. The number of likely N-dealkylation sites (N-methyl/N-ethyl adjacent to an activating group) is 1. The number of unbranched alkanes of at least 4 members (excludes halogenated alkanes) is 4. The van der Waals surface area contributed by atoms with Gasteiger partial charge in [-0.25, -0.2) is 4.98 Å². The maximum Gasteiger partial charge on any atom is 0.267 e. The summed E-state index contributed by atoms with van der Waals surface area (Å²) >= 11 is 3.39. The van der Waals surface area contributed by atoms with E-state index in [4.69, 9.17) is 9.72 Å². The van der Waals surface area contributed by atoms with Crippen molar-refractivity contribution in [2.24, 2.45) is 0 Å². The number of ether oxygens (including phenoxy) is 1. The lowest BCUT2D eigenvalue weighted by Gasteiger charge is -2.21. The Balaban J connectivity index is 1.73. The van der Waals surface area contributed by atoms with Gasteiger partial charge in [0, 0.05) is 23.7 Å². The van der Waals surface area contributed by atoms with Gasteiger partial charge < -0.3 is 9.64 Å². The molecule has 0 N–H and O–H groups in total. The molecule has 0 saturated carbocycles. The number of thioether (sulfide) groups is 1. The lowest BCUT2D eigenvalue weighted by atomic mass is 10.1. The van der Waals surface area contributed by atoms with E-state index < -0.39 is 0 Å². The summed E-state index contributed by atoms with van der Waals surface area (Å²) < 4.78 is 7.12. The van der Waals surface area contributed by atoms with Gasteiger partial charge in [-0.05, 0) is 49.7 Å². The van der Waals surface area contributed by atoms with E-state index in [0.29, 0.717) is 0 Å². The molecule has 166 valence electrons. The Kier molecular flexibility index (Phi) is 7.35. The highest BCUT2D eigenvalue weighted by Crippen LogP contribution is 2.34. The molecule has 0 saturated heterocycles. The Labute approximate surface area is 192 Å². The second-order valence-corrected chi connectivity index (χ2v) is 10.3. The fourth-order valence-corrected chi connectivity index (χ4v) is 6.43. The number of methoxy groups -OCH3 is 1. The van der Waals surface area contributed by atoms with Gasteiger partial charge in [-0.3, -0.25) is 9.36 Å². The van der Waals surface area contributed by atoms with Crippen molar-refractivity contribution >= 4 is 33.3 Å². The van der Waals surface area contributed by atoms with Gasteiger partial charge in [0.25, 0.3) is 5.56 Å². The van der Waals surface area contributed by atoms with Crippen LogP contribution in [0.1, 0.15) is 49.5 Å². The minimum Gasteiger partial charge on any atom is -0.497 e. The molecule has 1 aliphatic rings. The summed E-state index contributed by atoms with van der Waals surface area (Å²) in [6.07, 6.45) is 7.11. The lowest BCUT2D eigenvalue weighted by Crippen LogP contribution is -2.27. The third-order valence-electron chi connectivity index (χ3n) is 5.84. The summed E-state index contributed by atoms with van der Waals surface area (Å²) in [5.41, 5.74) is 2.11. The molecule has 7 heteroatoms. The van der Waals surface area contributed by atoms with E-state index in [0.717, 1.165) is 58.5 Å². The summed E-state index contributed by atoms with van der Waals surface area (Å²) in [6.45, 7) is 4.12. The zero-order chi connectivity index (χ0) is 21.8. The molecule has 0 aliphatic carbocycles. The Bertz CT molecular complexity index is 1090. The molecule has 0 atom stereocenters. The first-order chi connectivity index (χ1) is 15.1. The predicted octanol–water partition coefficient (Wildman–Crippen LogP) is 5.51. The first-order valence-electron chi connectivity index (χ1n) is 11.2. The van der Waals surface area contributed by atoms with Gasteiger partial charge in [-0.15, -0.1) is 11.3 Å². The monoisotopic (exact) mass is 457 g/mol. The highest BCUT2D eigenvalue weighted by molar-refractivity contribution is 7.99. The van der Waals surface area contributed by atoms with E-state index in [1.54, 1.807) is 30.2 Å². The first-order valence-corrected chi connectivity index (χ1v) is 13.0. The van der Waals surface area contributed by atoms with Gasteiger partial charge in [0.05, 0.1) is 18.2 Å². The summed E-state index contributed by atoms with van der Waals surface area (Å²) in [7, 11) is 3.79. The summed E-state index contributed by atoms with van der Waals surface area (Å²) in [4.78, 5) is 23.3. The standard InChI is InChI=1S/C24H31N3O2S2/c1-4-5-6-7-8-15-30-24-25-22-21(19-13-14-26(2)16-20(19)31-22)23(28)27(24)17-9-11-18(29-3)12-10-17/h9-12H,4-8,13-16H2,1-3H3. The number of rotatable bonds is 9. The van der Waals surface area contributed by atoms with Gasteiger partial charge in [0.2, 0.25) is 0 Å². The molecular weight excluding hydrogens is 426 g/mol. The molecule has 0 fully saturated rings. The molecular formula is C24H31N3O2S2. The average molecular weight is 458 g/mol. The Morgan fingerprint density at radius 1 is 1.16 bits per heavy atom. The Morgan fingerprint density at radius 2 is 1.94 bits per heavy atom. The lowest BCUT2D eigenvalue weighted by molar-refractivity contribution is 0.318. The molecule has 0 spiro atoms. The minimum absolute atomic E-state index is 0.0608. The average Bonchev–Trinajstić information content (AvgIpc) is 3.14. The van der Waals surface area contributed by atoms with Gasteiger partial charge in [0.1, 0.15) is 10.6 Å². The first kappa shape index (κ1) is 22.4. The normalized spacial score (nSPS) is 14.2. The second-order valence-electron chi connectivity index (χ2n) is 8.17. The summed E-state index contributed by atoms with van der Waals surface area (Å²) in [5.74, 6) is 1.76. The van der Waals surface area contributed by atoms with Crippen molar-refractivity contribution in [2.75, 3.05) is 26.5 Å². The van der Waals surface area contributed by atoms with E-state index in [1.165, 1.54) is 36.1 Å². The zero-order valence-electron chi connectivity index (χ0n) is 18.6. The largest absolute Gasteiger partial charge is 0.497 e. The van der Waals surface area contributed by atoms with Gasteiger partial charge in [0.15, 0.2) is 5.16 Å². The molecule has 0 amide bonds. The molecule has 1 aromatic carbocycles.